The molecule has 3 nitrogen and oxygen atoms in total. The first kappa shape index (κ1) is 13.3. The van der Waals surface area contributed by atoms with Crippen LogP contribution in [0.3, 0.4) is 0 Å². The lowest BCUT2D eigenvalue weighted by Gasteiger charge is -2.14. The summed E-state index contributed by atoms with van der Waals surface area (Å²) in [5.41, 5.74) is 0.998. The molecule has 0 radical (unpaired) electrons. The minimum Gasteiger partial charge on any atom is -0.491 e. The van der Waals surface area contributed by atoms with Crippen molar-refractivity contribution in [2.75, 3.05) is 13.7 Å². The van der Waals surface area contributed by atoms with E-state index in [-0.39, 0.29) is 0 Å². The molecule has 4 heteroatoms. The van der Waals surface area contributed by atoms with Gasteiger partial charge in [-0.2, -0.15) is 0 Å². The van der Waals surface area contributed by atoms with Crippen molar-refractivity contribution in [1.82, 2.24) is 5.32 Å². The quantitative estimate of drug-likeness (QED) is 0.805. The summed E-state index contributed by atoms with van der Waals surface area (Å²) in [5, 5.41) is 13.2. The van der Waals surface area contributed by atoms with Crippen molar-refractivity contribution in [3.8, 4) is 5.75 Å². The van der Waals surface area contributed by atoms with E-state index >= 15 is 0 Å². The van der Waals surface area contributed by atoms with E-state index in [1.54, 1.807) is 6.07 Å². The van der Waals surface area contributed by atoms with Crippen LogP contribution < -0.4 is 10.1 Å². The molecular formula is C12H18ClNO2. The first-order chi connectivity index (χ1) is 7.67. The molecule has 0 amide bonds. The second-order valence-corrected chi connectivity index (χ2v) is 4.09. The highest BCUT2D eigenvalue weighted by molar-refractivity contribution is 6.30. The summed E-state index contributed by atoms with van der Waals surface area (Å²) in [4.78, 5) is 0. The lowest BCUT2D eigenvalue weighted by Crippen LogP contribution is -2.17. The average Bonchev–Trinajstić information content (AvgIpc) is 2.28. The Morgan fingerprint density at radius 2 is 2.25 bits per heavy atom. The second kappa shape index (κ2) is 6.74. The standard InChI is InChI=1S/C12H18ClNO2/c1-3-11(15)8-16-12-5-4-10(13)6-9(12)7-14-2/h4-6,11,14-15H,3,7-8H2,1-2H3. The molecule has 2 N–H and O–H groups in total. The molecule has 1 aromatic carbocycles. The van der Waals surface area contributed by atoms with Gasteiger partial charge in [-0.05, 0) is 31.7 Å². The smallest absolute Gasteiger partial charge is 0.124 e. The highest BCUT2D eigenvalue weighted by atomic mass is 35.5. The third kappa shape index (κ3) is 4.00. The van der Waals surface area contributed by atoms with Gasteiger partial charge in [-0.3, -0.25) is 0 Å². The fourth-order valence-electron chi connectivity index (χ4n) is 1.32. The Balaban J connectivity index is 2.70. The van der Waals surface area contributed by atoms with Crippen molar-refractivity contribution in [3.05, 3.63) is 28.8 Å². The van der Waals surface area contributed by atoms with Gasteiger partial charge in [0.25, 0.3) is 0 Å². The van der Waals surface area contributed by atoms with E-state index in [4.69, 9.17) is 16.3 Å². The molecule has 0 aliphatic rings. The summed E-state index contributed by atoms with van der Waals surface area (Å²) >= 11 is 5.91. The second-order valence-electron chi connectivity index (χ2n) is 3.66. The normalized spacial score (nSPS) is 12.5. The number of hydrogen-bond donors (Lipinski definition) is 2. The van der Waals surface area contributed by atoms with Crippen LogP contribution in [-0.2, 0) is 6.54 Å². The minimum atomic E-state index is -0.418. The maximum absolute atomic E-state index is 9.43. The molecule has 90 valence electrons. The Bertz CT molecular complexity index is 331. The van der Waals surface area contributed by atoms with Crippen LogP contribution in [0.1, 0.15) is 18.9 Å². The largest absolute Gasteiger partial charge is 0.491 e. The number of hydrogen-bond acceptors (Lipinski definition) is 3. The molecule has 0 fully saturated rings. The number of benzene rings is 1. The van der Waals surface area contributed by atoms with E-state index in [0.29, 0.717) is 24.6 Å². The molecular weight excluding hydrogens is 226 g/mol. The summed E-state index contributed by atoms with van der Waals surface area (Å²) in [5.74, 6) is 0.770. The van der Waals surface area contributed by atoms with Gasteiger partial charge in [-0.1, -0.05) is 18.5 Å². The Morgan fingerprint density at radius 3 is 2.88 bits per heavy atom. The van der Waals surface area contributed by atoms with Gasteiger partial charge in [-0.25, -0.2) is 0 Å². The predicted octanol–water partition coefficient (Wildman–Crippen LogP) is 2.21. The van der Waals surface area contributed by atoms with E-state index in [1.165, 1.54) is 0 Å². The minimum absolute atomic E-state index is 0.314. The van der Waals surface area contributed by atoms with Gasteiger partial charge >= 0.3 is 0 Å². The van der Waals surface area contributed by atoms with Crippen LogP contribution in [0.25, 0.3) is 0 Å². The molecule has 1 atom stereocenters. The number of rotatable bonds is 6. The van der Waals surface area contributed by atoms with Crippen LogP contribution in [0.2, 0.25) is 5.02 Å². The molecule has 0 saturated heterocycles. The first-order valence-electron chi connectivity index (χ1n) is 5.41. The molecule has 0 aliphatic heterocycles. The van der Waals surface area contributed by atoms with Crippen LogP contribution in [0.4, 0.5) is 0 Å². The molecule has 0 heterocycles. The molecule has 1 unspecified atom stereocenters. The number of ether oxygens (including phenoxy) is 1. The number of aliphatic hydroxyl groups excluding tert-OH is 1. The lowest BCUT2D eigenvalue weighted by molar-refractivity contribution is 0.104. The van der Waals surface area contributed by atoms with Crippen molar-refractivity contribution < 1.29 is 9.84 Å². The maximum atomic E-state index is 9.43. The van der Waals surface area contributed by atoms with Crippen molar-refractivity contribution in [3.63, 3.8) is 0 Å². The summed E-state index contributed by atoms with van der Waals surface area (Å²) in [6, 6.07) is 5.48. The molecule has 0 bridgehead atoms. The van der Waals surface area contributed by atoms with E-state index in [9.17, 15) is 5.11 Å². The molecule has 0 aromatic heterocycles. The average molecular weight is 244 g/mol. The molecule has 1 aromatic rings. The third-order valence-corrected chi connectivity index (χ3v) is 2.53. The zero-order valence-corrected chi connectivity index (χ0v) is 10.4. The fourth-order valence-corrected chi connectivity index (χ4v) is 1.52. The SMILES string of the molecule is CCC(O)COc1ccc(Cl)cc1CNC. The number of nitrogens with one attached hydrogen (secondary N) is 1. The maximum Gasteiger partial charge on any atom is 0.124 e. The molecule has 16 heavy (non-hydrogen) atoms. The molecule has 1 rings (SSSR count). The number of halogens is 1. The van der Waals surface area contributed by atoms with Crippen molar-refractivity contribution in [1.29, 1.82) is 0 Å². The van der Waals surface area contributed by atoms with Crippen LogP contribution >= 0.6 is 11.6 Å². The third-order valence-electron chi connectivity index (χ3n) is 2.29. The van der Waals surface area contributed by atoms with Gasteiger partial charge in [0.05, 0.1) is 6.10 Å². The van der Waals surface area contributed by atoms with Crippen LogP contribution in [0, 0.1) is 0 Å². The molecule has 0 aliphatic carbocycles. The van der Waals surface area contributed by atoms with Crippen molar-refractivity contribution >= 4 is 11.6 Å². The number of aliphatic hydroxyl groups is 1. The Kier molecular flexibility index (Phi) is 5.60. The lowest BCUT2D eigenvalue weighted by atomic mass is 10.2. The van der Waals surface area contributed by atoms with Crippen molar-refractivity contribution in [2.45, 2.75) is 26.0 Å². The van der Waals surface area contributed by atoms with E-state index in [1.807, 2.05) is 26.1 Å². The van der Waals surface area contributed by atoms with Crippen LogP contribution in [-0.4, -0.2) is 24.9 Å². The van der Waals surface area contributed by atoms with E-state index in [2.05, 4.69) is 5.32 Å². The monoisotopic (exact) mass is 243 g/mol. The first-order valence-corrected chi connectivity index (χ1v) is 5.79. The Hall–Kier alpha value is -0.770. The summed E-state index contributed by atoms with van der Waals surface area (Å²) in [6.07, 6.45) is 0.271. The van der Waals surface area contributed by atoms with Gasteiger partial charge < -0.3 is 15.2 Å². The van der Waals surface area contributed by atoms with Gasteiger partial charge in [0.2, 0.25) is 0 Å². The highest BCUT2D eigenvalue weighted by Crippen LogP contribution is 2.23. The van der Waals surface area contributed by atoms with Crippen LogP contribution in [0.15, 0.2) is 18.2 Å². The van der Waals surface area contributed by atoms with Crippen LogP contribution in [0.5, 0.6) is 5.75 Å². The Morgan fingerprint density at radius 1 is 1.50 bits per heavy atom. The van der Waals surface area contributed by atoms with Gasteiger partial charge in [-0.15, -0.1) is 0 Å². The van der Waals surface area contributed by atoms with E-state index < -0.39 is 6.10 Å². The molecule has 0 saturated carbocycles. The van der Waals surface area contributed by atoms with E-state index in [0.717, 1.165) is 11.3 Å². The summed E-state index contributed by atoms with van der Waals surface area (Å²) in [6.45, 7) is 2.93. The Labute approximate surface area is 101 Å². The topological polar surface area (TPSA) is 41.5 Å². The summed E-state index contributed by atoms with van der Waals surface area (Å²) in [7, 11) is 1.87. The molecule has 0 spiro atoms. The zero-order chi connectivity index (χ0) is 12.0. The highest BCUT2D eigenvalue weighted by Gasteiger charge is 2.06. The van der Waals surface area contributed by atoms with Crippen molar-refractivity contribution in [2.24, 2.45) is 0 Å². The zero-order valence-electron chi connectivity index (χ0n) is 9.66. The van der Waals surface area contributed by atoms with Gasteiger partial charge in [0.15, 0.2) is 0 Å². The fraction of sp³-hybridized carbons (Fsp3) is 0.500. The van der Waals surface area contributed by atoms with Gasteiger partial charge in [0.1, 0.15) is 12.4 Å². The van der Waals surface area contributed by atoms with Gasteiger partial charge in [0, 0.05) is 17.1 Å². The predicted molar refractivity (Wildman–Crippen MR) is 66.0 cm³/mol. The summed E-state index contributed by atoms with van der Waals surface area (Å²) < 4.78 is 5.55.